The molecule has 1 aromatic heterocycles. The van der Waals surface area contributed by atoms with Gasteiger partial charge in [0.05, 0.1) is 7.11 Å². The topological polar surface area (TPSA) is 39.9 Å². The summed E-state index contributed by atoms with van der Waals surface area (Å²) in [5.41, 5.74) is 2.07. The fraction of sp³-hybridized carbons (Fsp3) is 0.222. The Labute approximate surface area is 140 Å². The normalized spacial score (nSPS) is 11.0. The fourth-order valence-electron chi connectivity index (χ4n) is 2.30. The number of nitrogens with zero attached hydrogens (tertiary/aromatic N) is 3. The molecule has 0 unspecified atom stereocenters. The highest BCUT2D eigenvalue weighted by molar-refractivity contribution is 7.99. The van der Waals surface area contributed by atoms with E-state index in [1.54, 1.807) is 18.9 Å². The highest BCUT2D eigenvalue weighted by atomic mass is 32.2. The molecule has 0 saturated heterocycles. The maximum Gasteiger partial charge on any atom is 0.196 e. The largest absolute Gasteiger partial charge is 0.497 e. The van der Waals surface area contributed by atoms with Crippen molar-refractivity contribution in [2.45, 2.75) is 24.3 Å². The number of benzene rings is 2. The molecule has 4 nitrogen and oxygen atoms in total. The van der Waals surface area contributed by atoms with E-state index < -0.39 is 0 Å². The van der Waals surface area contributed by atoms with Crippen LogP contribution in [0.3, 0.4) is 0 Å². The Balaban J connectivity index is 2.12. The van der Waals surface area contributed by atoms with Crippen molar-refractivity contribution in [3.8, 4) is 22.8 Å². The molecule has 118 valence electrons. The second-order valence-corrected chi connectivity index (χ2v) is 6.92. The Kier molecular flexibility index (Phi) is 4.67. The van der Waals surface area contributed by atoms with Gasteiger partial charge in [-0.25, -0.2) is 0 Å². The second kappa shape index (κ2) is 6.87. The lowest BCUT2D eigenvalue weighted by molar-refractivity contribution is 0.414. The van der Waals surface area contributed by atoms with E-state index >= 15 is 0 Å². The van der Waals surface area contributed by atoms with Crippen LogP contribution in [0.2, 0.25) is 0 Å². The summed E-state index contributed by atoms with van der Waals surface area (Å²) >= 11 is 1.70. The highest BCUT2D eigenvalue weighted by Crippen LogP contribution is 2.30. The zero-order valence-corrected chi connectivity index (χ0v) is 14.2. The Morgan fingerprint density at radius 1 is 0.957 bits per heavy atom. The molecular weight excluding hydrogens is 306 g/mol. The van der Waals surface area contributed by atoms with Gasteiger partial charge in [0.15, 0.2) is 11.0 Å². The monoisotopic (exact) mass is 325 g/mol. The summed E-state index contributed by atoms with van der Waals surface area (Å²) in [6.45, 7) is 4.31. The zero-order valence-electron chi connectivity index (χ0n) is 13.4. The number of methoxy groups -OCH3 is 1. The van der Waals surface area contributed by atoms with Crippen molar-refractivity contribution in [2.75, 3.05) is 7.11 Å². The predicted octanol–water partition coefficient (Wildman–Crippen LogP) is 4.44. The molecular formula is C18H19N3OS. The smallest absolute Gasteiger partial charge is 0.196 e. The molecule has 0 bridgehead atoms. The number of ether oxygens (including phenoxy) is 1. The summed E-state index contributed by atoms with van der Waals surface area (Å²) in [7, 11) is 1.67. The maximum atomic E-state index is 5.25. The SMILES string of the molecule is COc1ccc(-n2c(SC(C)C)nnc2-c2ccccc2)cc1. The van der Waals surface area contributed by atoms with Gasteiger partial charge in [-0.05, 0) is 24.3 Å². The molecule has 0 N–H and O–H groups in total. The molecule has 2 aromatic carbocycles. The van der Waals surface area contributed by atoms with Crippen molar-refractivity contribution in [1.29, 1.82) is 0 Å². The first-order valence-electron chi connectivity index (χ1n) is 7.51. The molecule has 0 saturated carbocycles. The first kappa shape index (κ1) is 15.6. The highest BCUT2D eigenvalue weighted by Gasteiger charge is 2.17. The van der Waals surface area contributed by atoms with Gasteiger partial charge in [-0.15, -0.1) is 10.2 Å². The third-order valence-electron chi connectivity index (χ3n) is 3.34. The molecule has 0 radical (unpaired) electrons. The van der Waals surface area contributed by atoms with Crippen LogP contribution >= 0.6 is 11.8 Å². The maximum absolute atomic E-state index is 5.25. The van der Waals surface area contributed by atoms with Gasteiger partial charge in [0.1, 0.15) is 5.75 Å². The molecule has 0 aliphatic heterocycles. The molecule has 0 aliphatic rings. The van der Waals surface area contributed by atoms with Gasteiger partial charge in [-0.2, -0.15) is 0 Å². The molecule has 0 atom stereocenters. The van der Waals surface area contributed by atoms with E-state index in [1.165, 1.54) is 0 Å². The quantitative estimate of drug-likeness (QED) is 0.650. The van der Waals surface area contributed by atoms with Gasteiger partial charge >= 0.3 is 0 Å². The van der Waals surface area contributed by atoms with Crippen LogP contribution in [0, 0.1) is 0 Å². The van der Waals surface area contributed by atoms with E-state index in [9.17, 15) is 0 Å². The molecule has 3 aromatic rings. The first-order chi connectivity index (χ1) is 11.2. The van der Waals surface area contributed by atoms with Gasteiger partial charge < -0.3 is 4.74 Å². The summed E-state index contributed by atoms with van der Waals surface area (Å²) < 4.78 is 7.35. The van der Waals surface area contributed by atoms with Crippen molar-refractivity contribution in [3.05, 3.63) is 54.6 Å². The van der Waals surface area contributed by atoms with Crippen molar-refractivity contribution < 1.29 is 4.74 Å². The predicted molar refractivity (Wildman–Crippen MR) is 94.3 cm³/mol. The summed E-state index contributed by atoms with van der Waals surface area (Å²) in [6, 6.07) is 18.1. The fourth-order valence-corrected chi connectivity index (χ4v) is 3.10. The van der Waals surface area contributed by atoms with E-state index in [0.29, 0.717) is 5.25 Å². The molecule has 5 heteroatoms. The van der Waals surface area contributed by atoms with Crippen molar-refractivity contribution in [3.63, 3.8) is 0 Å². The molecule has 1 heterocycles. The van der Waals surface area contributed by atoms with Gasteiger partial charge in [-0.1, -0.05) is 55.9 Å². The van der Waals surface area contributed by atoms with Crippen LogP contribution in [0.15, 0.2) is 59.8 Å². The number of thioether (sulfide) groups is 1. The van der Waals surface area contributed by atoms with Crippen LogP contribution in [-0.4, -0.2) is 27.1 Å². The minimum Gasteiger partial charge on any atom is -0.497 e. The molecule has 3 rings (SSSR count). The van der Waals surface area contributed by atoms with E-state index in [-0.39, 0.29) is 0 Å². The summed E-state index contributed by atoms with van der Waals surface area (Å²) in [6.07, 6.45) is 0. The molecule has 0 spiro atoms. The third kappa shape index (κ3) is 3.40. The number of hydrogen-bond acceptors (Lipinski definition) is 4. The van der Waals surface area contributed by atoms with Gasteiger partial charge in [0.25, 0.3) is 0 Å². The van der Waals surface area contributed by atoms with Crippen LogP contribution < -0.4 is 4.74 Å². The van der Waals surface area contributed by atoms with Crippen LogP contribution in [0.4, 0.5) is 0 Å². The van der Waals surface area contributed by atoms with Crippen molar-refractivity contribution >= 4 is 11.8 Å². The van der Waals surface area contributed by atoms with Gasteiger partial charge in [0, 0.05) is 16.5 Å². The van der Waals surface area contributed by atoms with Crippen LogP contribution in [-0.2, 0) is 0 Å². The average Bonchev–Trinajstić information content (AvgIpc) is 2.98. The van der Waals surface area contributed by atoms with Crippen LogP contribution in [0.1, 0.15) is 13.8 Å². The standard InChI is InChI=1S/C18H19N3OS/c1-13(2)23-18-20-19-17(14-7-5-4-6-8-14)21(18)15-9-11-16(22-3)12-10-15/h4-13H,1-3H3. The third-order valence-corrected chi connectivity index (χ3v) is 4.28. The van der Waals surface area contributed by atoms with Crippen LogP contribution in [0.5, 0.6) is 5.75 Å². The minimum absolute atomic E-state index is 0.430. The Bertz CT molecular complexity index is 767. The summed E-state index contributed by atoms with van der Waals surface area (Å²) in [4.78, 5) is 0. The van der Waals surface area contributed by atoms with E-state index in [2.05, 4.69) is 28.6 Å². The van der Waals surface area contributed by atoms with Crippen molar-refractivity contribution in [2.24, 2.45) is 0 Å². The average molecular weight is 325 g/mol. The molecule has 0 aliphatic carbocycles. The molecule has 23 heavy (non-hydrogen) atoms. The summed E-state index contributed by atoms with van der Waals surface area (Å²) in [5.74, 6) is 1.68. The Morgan fingerprint density at radius 2 is 1.65 bits per heavy atom. The van der Waals surface area contributed by atoms with E-state index in [1.807, 2.05) is 54.6 Å². The number of hydrogen-bond donors (Lipinski definition) is 0. The molecule has 0 fully saturated rings. The van der Waals surface area contributed by atoms with E-state index in [0.717, 1.165) is 28.0 Å². The lowest BCUT2D eigenvalue weighted by Gasteiger charge is -2.12. The number of aromatic nitrogens is 3. The zero-order chi connectivity index (χ0) is 16.2. The minimum atomic E-state index is 0.430. The van der Waals surface area contributed by atoms with Crippen molar-refractivity contribution in [1.82, 2.24) is 14.8 Å². The van der Waals surface area contributed by atoms with Gasteiger partial charge in [-0.3, -0.25) is 4.57 Å². The molecule has 0 amide bonds. The Morgan fingerprint density at radius 3 is 2.26 bits per heavy atom. The van der Waals surface area contributed by atoms with Gasteiger partial charge in [0.2, 0.25) is 0 Å². The van der Waals surface area contributed by atoms with E-state index in [4.69, 9.17) is 4.74 Å². The number of rotatable bonds is 5. The lowest BCUT2D eigenvalue weighted by atomic mass is 10.2. The lowest BCUT2D eigenvalue weighted by Crippen LogP contribution is -2.01. The first-order valence-corrected chi connectivity index (χ1v) is 8.39. The van der Waals surface area contributed by atoms with Crippen LogP contribution in [0.25, 0.3) is 17.1 Å². The Hall–Kier alpha value is -2.27. The second-order valence-electron chi connectivity index (χ2n) is 5.37. The summed E-state index contributed by atoms with van der Waals surface area (Å²) in [5, 5.41) is 10.1.